The maximum absolute atomic E-state index is 13.1. The van der Waals surface area contributed by atoms with Crippen LogP contribution in [0.3, 0.4) is 0 Å². The number of piperidine rings is 1. The first kappa shape index (κ1) is 15.4. The van der Waals surface area contributed by atoms with Crippen molar-refractivity contribution in [3.05, 3.63) is 48.6 Å². The number of nitrogen functional groups attached to an aromatic ring is 1. The van der Waals surface area contributed by atoms with E-state index in [1.807, 2.05) is 12.1 Å². The Morgan fingerprint density at radius 3 is 2.88 bits per heavy atom. The van der Waals surface area contributed by atoms with Crippen LogP contribution in [0.25, 0.3) is 10.9 Å². The number of amides is 1. The molecule has 0 bridgehead atoms. The van der Waals surface area contributed by atoms with Gasteiger partial charge in [0.25, 0.3) is 11.8 Å². The minimum atomic E-state index is -0.575. The van der Waals surface area contributed by atoms with Crippen LogP contribution in [-0.2, 0) is 0 Å². The number of carbonyl (C=O) groups is 2. The lowest BCUT2D eigenvalue weighted by Crippen LogP contribution is -2.49. The van der Waals surface area contributed by atoms with Crippen molar-refractivity contribution >= 4 is 28.4 Å². The summed E-state index contributed by atoms with van der Waals surface area (Å²) < 4.78 is 6.53. The van der Waals surface area contributed by atoms with Crippen molar-refractivity contribution < 1.29 is 14.0 Å². The number of nitrogens with zero attached hydrogens (tertiary/aromatic N) is 3. The lowest BCUT2D eigenvalue weighted by atomic mass is 10.0. The normalized spacial score (nSPS) is 17.8. The van der Waals surface area contributed by atoms with Gasteiger partial charge in [-0.2, -0.15) is 9.78 Å². The fourth-order valence-electron chi connectivity index (χ4n) is 3.39. The lowest BCUT2D eigenvalue weighted by Gasteiger charge is -2.33. The van der Waals surface area contributed by atoms with Gasteiger partial charge in [0.1, 0.15) is 11.6 Å². The molecule has 1 aromatic carbocycles. The van der Waals surface area contributed by atoms with Gasteiger partial charge in [0, 0.05) is 11.9 Å². The predicted molar refractivity (Wildman–Crippen MR) is 92.2 cm³/mol. The van der Waals surface area contributed by atoms with Crippen LogP contribution in [0.15, 0.2) is 47.2 Å². The first-order chi connectivity index (χ1) is 12.2. The Labute approximate surface area is 144 Å². The molecule has 1 aliphatic rings. The molecule has 3 aromatic rings. The molecule has 2 aromatic heterocycles. The van der Waals surface area contributed by atoms with Crippen LogP contribution in [0.1, 0.15) is 34.6 Å². The second-order valence-electron chi connectivity index (χ2n) is 6.17. The van der Waals surface area contributed by atoms with Crippen molar-refractivity contribution in [2.45, 2.75) is 25.3 Å². The van der Waals surface area contributed by atoms with Crippen LogP contribution in [0, 0.1) is 0 Å². The molecule has 1 aliphatic heterocycles. The number of para-hydroxylation sites is 1. The summed E-state index contributed by atoms with van der Waals surface area (Å²) in [6.45, 7) is 0.518. The SMILES string of the molecule is Nc1cccc2cnn(C(=O)[C@@H]3CCCCN3C(=O)c3ccco3)c12. The topological polar surface area (TPSA) is 94.4 Å². The van der Waals surface area contributed by atoms with Gasteiger partial charge in [0.05, 0.1) is 18.1 Å². The monoisotopic (exact) mass is 338 g/mol. The highest BCUT2D eigenvalue weighted by molar-refractivity contribution is 6.01. The van der Waals surface area contributed by atoms with Crippen molar-refractivity contribution in [1.82, 2.24) is 14.7 Å². The molecule has 0 saturated carbocycles. The Balaban J connectivity index is 1.70. The average Bonchev–Trinajstić information content (AvgIpc) is 3.31. The van der Waals surface area contributed by atoms with Gasteiger partial charge in [-0.1, -0.05) is 12.1 Å². The van der Waals surface area contributed by atoms with E-state index < -0.39 is 6.04 Å². The van der Waals surface area contributed by atoms with Crippen LogP contribution >= 0.6 is 0 Å². The van der Waals surface area contributed by atoms with Crippen molar-refractivity contribution in [1.29, 1.82) is 0 Å². The molecule has 7 nitrogen and oxygen atoms in total. The minimum absolute atomic E-state index is 0.240. The molecule has 1 amide bonds. The molecule has 7 heteroatoms. The van der Waals surface area contributed by atoms with E-state index >= 15 is 0 Å². The Bertz CT molecular complexity index is 929. The summed E-state index contributed by atoms with van der Waals surface area (Å²) in [6, 6.07) is 8.11. The molecule has 0 radical (unpaired) electrons. The van der Waals surface area contributed by atoms with E-state index in [2.05, 4.69) is 5.10 Å². The third-order valence-electron chi connectivity index (χ3n) is 4.61. The summed E-state index contributed by atoms with van der Waals surface area (Å²) in [7, 11) is 0. The highest BCUT2D eigenvalue weighted by Gasteiger charge is 2.35. The number of rotatable bonds is 2. The summed E-state index contributed by atoms with van der Waals surface area (Å²) in [4.78, 5) is 27.4. The van der Waals surface area contributed by atoms with Crippen LogP contribution < -0.4 is 5.73 Å². The average molecular weight is 338 g/mol. The first-order valence-electron chi connectivity index (χ1n) is 8.28. The second-order valence-corrected chi connectivity index (χ2v) is 6.17. The Morgan fingerprint density at radius 1 is 1.20 bits per heavy atom. The third kappa shape index (κ3) is 2.57. The van der Waals surface area contributed by atoms with Crippen molar-refractivity contribution in [2.75, 3.05) is 12.3 Å². The summed E-state index contributed by atoms with van der Waals surface area (Å²) >= 11 is 0. The van der Waals surface area contributed by atoms with Gasteiger partial charge in [-0.15, -0.1) is 0 Å². The molecule has 1 saturated heterocycles. The van der Waals surface area contributed by atoms with Crippen molar-refractivity contribution in [3.63, 3.8) is 0 Å². The zero-order chi connectivity index (χ0) is 17.4. The smallest absolute Gasteiger partial charge is 0.290 e. The van der Waals surface area contributed by atoms with Gasteiger partial charge in [0.15, 0.2) is 5.76 Å². The number of carbonyl (C=O) groups excluding carboxylic acids is 2. The van der Waals surface area contributed by atoms with E-state index in [0.717, 1.165) is 18.2 Å². The van der Waals surface area contributed by atoms with Gasteiger partial charge in [-0.25, -0.2) is 0 Å². The Hall–Kier alpha value is -3.09. The number of anilines is 1. The fraction of sp³-hybridized carbons (Fsp3) is 0.278. The second kappa shape index (κ2) is 6.08. The number of hydrogen-bond acceptors (Lipinski definition) is 5. The number of hydrogen-bond donors (Lipinski definition) is 1. The standard InChI is InChI=1S/C18H18N4O3/c19-13-6-3-5-12-11-20-22(16(12)13)17(23)14-7-1-2-9-21(14)18(24)15-8-4-10-25-15/h3-6,8,10-11,14H,1-2,7,9,19H2/t14-/m0/s1. The molecule has 128 valence electrons. The van der Waals surface area contributed by atoms with E-state index in [1.165, 1.54) is 10.9 Å². The molecule has 1 fully saturated rings. The molecular formula is C18H18N4O3. The van der Waals surface area contributed by atoms with Gasteiger partial charge in [-0.05, 0) is 37.5 Å². The predicted octanol–water partition coefficient (Wildman–Crippen LogP) is 2.55. The Kier molecular flexibility index (Phi) is 3.76. The summed E-state index contributed by atoms with van der Waals surface area (Å²) in [5.74, 6) is -0.274. The van der Waals surface area contributed by atoms with Gasteiger partial charge in [-0.3, -0.25) is 9.59 Å². The number of nitrogens with two attached hydrogens (primary N) is 1. The van der Waals surface area contributed by atoms with E-state index in [1.54, 1.807) is 29.3 Å². The zero-order valence-electron chi connectivity index (χ0n) is 13.6. The molecule has 2 N–H and O–H groups in total. The van der Waals surface area contributed by atoms with Gasteiger partial charge < -0.3 is 15.1 Å². The number of aromatic nitrogens is 2. The summed E-state index contributed by atoms with van der Waals surface area (Å²) in [5.41, 5.74) is 7.11. The molecule has 4 rings (SSSR count). The lowest BCUT2D eigenvalue weighted by molar-refractivity contribution is 0.0481. The summed E-state index contributed by atoms with van der Waals surface area (Å²) in [5, 5.41) is 5.01. The molecule has 1 atom stereocenters. The molecule has 3 heterocycles. The van der Waals surface area contributed by atoms with Crippen LogP contribution in [0.5, 0.6) is 0 Å². The number of benzene rings is 1. The van der Waals surface area contributed by atoms with Gasteiger partial charge in [0.2, 0.25) is 0 Å². The maximum atomic E-state index is 13.1. The molecular weight excluding hydrogens is 320 g/mol. The Morgan fingerprint density at radius 2 is 2.08 bits per heavy atom. The minimum Gasteiger partial charge on any atom is -0.459 e. The maximum Gasteiger partial charge on any atom is 0.290 e. The quantitative estimate of drug-likeness (QED) is 0.725. The highest BCUT2D eigenvalue weighted by Crippen LogP contribution is 2.25. The van der Waals surface area contributed by atoms with Crippen LogP contribution in [-0.4, -0.2) is 39.1 Å². The van der Waals surface area contributed by atoms with Crippen molar-refractivity contribution in [3.8, 4) is 0 Å². The van der Waals surface area contributed by atoms with E-state index in [4.69, 9.17) is 10.2 Å². The van der Waals surface area contributed by atoms with E-state index in [9.17, 15) is 9.59 Å². The van der Waals surface area contributed by atoms with E-state index in [-0.39, 0.29) is 17.6 Å². The molecule has 0 spiro atoms. The highest BCUT2D eigenvalue weighted by atomic mass is 16.3. The zero-order valence-corrected chi connectivity index (χ0v) is 13.6. The van der Waals surface area contributed by atoms with Gasteiger partial charge >= 0.3 is 0 Å². The van der Waals surface area contributed by atoms with Crippen LogP contribution in [0.4, 0.5) is 5.69 Å². The number of likely N-dealkylation sites (tertiary alicyclic amines) is 1. The fourth-order valence-corrected chi connectivity index (χ4v) is 3.39. The third-order valence-corrected chi connectivity index (χ3v) is 4.61. The summed E-state index contributed by atoms with van der Waals surface area (Å²) in [6.07, 6.45) is 5.41. The molecule has 25 heavy (non-hydrogen) atoms. The molecule has 0 aliphatic carbocycles. The number of fused-ring (bicyclic) bond motifs is 1. The van der Waals surface area contributed by atoms with Crippen LogP contribution in [0.2, 0.25) is 0 Å². The molecule has 0 unspecified atom stereocenters. The van der Waals surface area contributed by atoms with E-state index in [0.29, 0.717) is 24.2 Å². The van der Waals surface area contributed by atoms with Crippen molar-refractivity contribution in [2.24, 2.45) is 0 Å². The largest absolute Gasteiger partial charge is 0.459 e. The first-order valence-corrected chi connectivity index (χ1v) is 8.28. The number of furan rings is 1.